The lowest BCUT2D eigenvalue weighted by atomic mass is 9.43. The Hall–Kier alpha value is -2.40. The zero-order chi connectivity index (χ0) is 23.9. The smallest absolute Gasteiger partial charge is 0.270 e. The minimum Gasteiger partial charge on any atom is -0.337 e. The highest BCUT2D eigenvalue weighted by Gasteiger charge is 2.73. The number of hydrogen-bond acceptors (Lipinski definition) is 3. The third-order valence-electron chi connectivity index (χ3n) is 10.8. The number of carbonyl (C=O) groups is 1. The summed E-state index contributed by atoms with van der Waals surface area (Å²) in [6.07, 6.45) is 8.75. The molecule has 1 aliphatic heterocycles. The number of likely N-dealkylation sites (tertiary alicyclic amines) is 1. The van der Waals surface area contributed by atoms with Crippen LogP contribution in [0.25, 0.3) is 0 Å². The van der Waals surface area contributed by atoms with Crippen molar-refractivity contribution in [3.8, 4) is 0 Å². The van der Waals surface area contributed by atoms with E-state index in [4.69, 9.17) is 0 Å². The topological polar surface area (TPSA) is 56.4 Å². The second-order valence-corrected chi connectivity index (χ2v) is 12.4. The van der Waals surface area contributed by atoms with Crippen LogP contribution >= 0.6 is 0 Å². The van der Waals surface area contributed by atoms with Gasteiger partial charge in [0.25, 0.3) is 5.91 Å². The number of nitrogens with zero attached hydrogens (tertiary/aromatic N) is 2. The van der Waals surface area contributed by atoms with Crippen molar-refractivity contribution in [2.75, 3.05) is 20.1 Å². The Kier molecular flexibility index (Phi) is 4.71. The van der Waals surface area contributed by atoms with Crippen molar-refractivity contribution in [1.82, 2.24) is 14.8 Å². The van der Waals surface area contributed by atoms with Gasteiger partial charge < -0.3 is 9.88 Å². The van der Waals surface area contributed by atoms with E-state index in [1.807, 2.05) is 11.9 Å². The normalized spacial score (nSPS) is 37.4. The fourth-order valence-corrected chi connectivity index (χ4v) is 9.61. The van der Waals surface area contributed by atoms with E-state index >= 15 is 0 Å². The molecule has 1 N–H and O–H groups in total. The van der Waals surface area contributed by atoms with Gasteiger partial charge in [0.05, 0.1) is 0 Å². The molecule has 184 valence electrons. The van der Waals surface area contributed by atoms with Gasteiger partial charge in [-0.1, -0.05) is 37.3 Å². The Balaban J connectivity index is 1.32. The van der Waals surface area contributed by atoms with Gasteiger partial charge in [-0.25, -0.2) is 0 Å². The summed E-state index contributed by atoms with van der Waals surface area (Å²) in [6, 6.07) is 15.0. The zero-order valence-electron chi connectivity index (χ0n) is 21.0. The molecule has 4 aliphatic carbocycles. The predicted octanol–water partition coefficient (Wildman–Crippen LogP) is 4.23. The lowest BCUT2D eigenvalue weighted by Gasteiger charge is -2.67. The van der Waals surface area contributed by atoms with Crippen LogP contribution in [-0.4, -0.2) is 52.9 Å². The Morgan fingerprint density at radius 3 is 2.74 bits per heavy atom. The number of fused-ring (bicyclic) bond motifs is 1. The third kappa shape index (κ3) is 2.91. The minimum absolute atomic E-state index is 0.0532. The van der Waals surface area contributed by atoms with Crippen LogP contribution in [0.3, 0.4) is 0 Å². The Labute approximate surface area is 207 Å². The van der Waals surface area contributed by atoms with Crippen LogP contribution in [-0.2, 0) is 11.8 Å². The number of piperidine rings is 1. The standard InChI is InChI=1S/C30H37N3O2/c1-19-17-29-13-12-24(32(2)28(35)23-8-5-9-26(34)31-23)27(19)30(29)14-15-33(18-20-10-11-20)25(29)16-21-6-3-4-7-22(21)30/h3-9,19-20,24-25,27H,10-18H2,1-2H3,(H,31,34)/t19-,24?,25?,27?,29?,30?/m0/s1. The van der Waals surface area contributed by atoms with Crippen molar-refractivity contribution >= 4 is 5.91 Å². The quantitative estimate of drug-likeness (QED) is 0.726. The maximum absolute atomic E-state index is 13.6. The van der Waals surface area contributed by atoms with Gasteiger partial charge in [0, 0.05) is 37.2 Å². The molecule has 7 rings (SSSR count). The molecule has 1 aromatic heterocycles. The molecule has 5 heteroatoms. The molecule has 6 atom stereocenters. The molecule has 4 bridgehead atoms. The number of carbonyl (C=O) groups excluding carboxylic acids is 1. The lowest BCUT2D eigenvalue weighted by molar-refractivity contribution is -0.104. The summed E-state index contributed by atoms with van der Waals surface area (Å²) in [7, 11) is 1.97. The number of amides is 1. The molecule has 0 spiro atoms. The molecule has 4 fully saturated rings. The van der Waals surface area contributed by atoms with Crippen LogP contribution < -0.4 is 5.56 Å². The van der Waals surface area contributed by atoms with E-state index in [9.17, 15) is 9.59 Å². The fraction of sp³-hybridized carbons (Fsp3) is 0.600. The predicted molar refractivity (Wildman–Crippen MR) is 136 cm³/mol. The summed E-state index contributed by atoms with van der Waals surface area (Å²) in [6.45, 7) is 4.94. The largest absolute Gasteiger partial charge is 0.337 e. The van der Waals surface area contributed by atoms with Crippen LogP contribution in [0.1, 0.15) is 67.1 Å². The number of hydrogen-bond donors (Lipinski definition) is 1. The maximum atomic E-state index is 13.6. The molecule has 5 unspecified atom stereocenters. The lowest BCUT2D eigenvalue weighted by Crippen LogP contribution is -2.70. The van der Waals surface area contributed by atoms with Crippen molar-refractivity contribution in [2.24, 2.45) is 23.2 Å². The van der Waals surface area contributed by atoms with E-state index < -0.39 is 0 Å². The van der Waals surface area contributed by atoms with Crippen LogP contribution in [0, 0.1) is 23.2 Å². The van der Waals surface area contributed by atoms with Crippen molar-refractivity contribution in [3.05, 3.63) is 69.6 Å². The van der Waals surface area contributed by atoms with Gasteiger partial charge in [-0.05, 0) is 91.9 Å². The molecule has 0 radical (unpaired) electrons. The molecule has 2 heterocycles. The number of nitrogens with one attached hydrogen (secondary N) is 1. The number of aromatic amines is 1. The van der Waals surface area contributed by atoms with Crippen molar-refractivity contribution in [2.45, 2.75) is 69.4 Å². The van der Waals surface area contributed by atoms with Gasteiger partial charge in [-0.3, -0.25) is 14.5 Å². The number of benzene rings is 1. The van der Waals surface area contributed by atoms with E-state index in [1.165, 1.54) is 57.7 Å². The summed E-state index contributed by atoms with van der Waals surface area (Å²) >= 11 is 0. The number of aromatic nitrogens is 1. The van der Waals surface area contributed by atoms with E-state index in [0.717, 1.165) is 12.3 Å². The molecular weight excluding hydrogens is 434 g/mol. The summed E-state index contributed by atoms with van der Waals surface area (Å²) in [4.78, 5) is 33.1. The first kappa shape index (κ1) is 21.8. The minimum atomic E-state index is -0.216. The Bertz CT molecular complexity index is 1230. The van der Waals surface area contributed by atoms with Crippen molar-refractivity contribution in [3.63, 3.8) is 0 Å². The van der Waals surface area contributed by atoms with E-state index in [0.29, 0.717) is 29.0 Å². The van der Waals surface area contributed by atoms with Gasteiger partial charge in [0.1, 0.15) is 5.69 Å². The van der Waals surface area contributed by atoms with Gasteiger partial charge in [-0.2, -0.15) is 0 Å². The first-order chi connectivity index (χ1) is 16.9. The molecule has 1 saturated heterocycles. The van der Waals surface area contributed by atoms with Crippen molar-refractivity contribution in [1.29, 1.82) is 0 Å². The molecule has 1 amide bonds. The van der Waals surface area contributed by atoms with Gasteiger partial charge in [0.15, 0.2) is 0 Å². The van der Waals surface area contributed by atoms with Crippen LogP contribution in [0.15, 0.2) is 47.3 Å². The first-order valence-corrected chi connectivity index (χ1v) is 13.7. The highest BCUT2D eigenvalue weighted by Crippen LogP contribution is 2.73. The van der Waals surface area contributed by atoms with Gasteiger partial charge >= 0.3 is 0 Å². The first-order valence-electron chi connectivity index (χ1n) is 13.7. The monoisotopic (exact) mass is 471 g/mol. The van der Waals surface area contributed by atoms with Gasteiger partial charge in [0.2, 0.25) is 5.56 Å². The molecule has 5 aliphatic rings. The maximum Gasteiger partial charge on any atom is 0.270 e. The van der Waals surface area contributed by atoms with E-state index in [2.05, 4.69) is 41.1 Å². The Morgan fingerprint density at radius 2 is 1.94 bits per heavy atom. The van der Waals surface area contributed by atoms with E-state index in [-0.39, 0.29) is 22.9 Å². The third-order valence-corrected chi connectivity index (χ3v) is 10.8. The number of H-pyrrole nitrogens is 1. The fourth-order valence-electron chi connectivity index (χ4n) is 9.61. The second kappa shape index (κ2) is 7.55. The number of rotatable bonds is 4. The SMILES string of the molecule is C[C@H]1CC23CCC(N(C)C(=O)c4cccc(=O)[nH]4)C1C21CCN(CC2CC2)C3Cc2ccccc21. The molecular formula is C30H37N3O2. The molecule has 5 nitrogen and oxygen atoms in total. The second-order valence-electron chi connectivity index (χ2n) is 12.4. The molecule has 2 aromatic rings. The average molecular weight is 472 g/mol. The summed E-state index contributed by atoms with van der Waals surface area (Å²) in [5.74, 6) is 1.89. The Morgan fingerprint density at radius 1 is 1.11 bits per heavy atom. The molecule has 35 heavy (non-hydrogen) atoms. The van der Waals surface area contributed by atoms with Crippen LogP contribution in [0.4, 0.5) is 0 Å². The molecule has 3 saturated carbocycles. The van der Waals surface area contributed by atoms with Crippen molar-refractivity contribution < 1.29 is 4.79 Å². The van der Waals surface area contributed by atoms with Crippen LogP contribution in [0.2, 0.25) is 0 Å². The molecule has 1 aromatic carbocycles. The highest BCUT2D eigenvalue weighted by atomic mass is 16.2. The van der Waals surface area contributed by atoms with Gasteiger partial charge in [-0.15, -0.1) is 0 Å². The van der Waals surface area contributed by atoms with Crippen LogP contribution in [0.5, 0.6) is 0 Å². The summed E-state index contributed by atoms with van der Waals surface area (Å²) in [5.41, 5.74) is 3.80. The zero-order valence-corrected chi connectivity index (χ0v) is 21.0. The highest BCUT2D eigenvalue weighted by molar-refractivity contribution is 5.92. The average Bonchev–Trinajstić information content (AvgIpc) is 3.65. The summed E-state index contributed by atoms with van der Waals surface area (Å²) in [5, 5.41) is 0. The number of pyridine rings is 1. The van der Waals surface area contributed by atoms with E-state index in [1.54, 1.807) is 23.3 Å². The summed E-state index contributed by atoms with van der Waals surface area (Å²) < 4.78 is 0.